The minimum Gasteiger partial charge on any atom is -0.472 e. The highest BCUT2D eigenvalue weighted by atomic mass is 16.3. The van der Waals surface area contributed by atoms with Gasteiger partial charge >= 0.3 is 0 Å². The lowest BCUT2D eigenvalue weighted by molar-refractivity contribution is 0.315. The summed E-state index contributed by atoms with van der Waals surface area (Å²) >= 11 is 0. The van der Waals surface area contributed by atoms with E-state index in [1.54, 1.807) is 6.26 Å². The first-order valence-electron chi connectivity index (χ1n) is 6.22. The van der Waals surface area contributed by atoms with Crippen molar-refractivity contribution in [3.05, 3.63) is 24.2 Å². The number of nitrogens with zero attached hydrogens (tertiary/aromatic N) is 1. The van der Waals surface area contributed by atoms with E-state index in [2.05, 4.69) is 11.9 Å². The standard InChI is InChI=1S/C13H24N2O/c1-15(11-13-7-10-16-12-13)9-6-4-2-3-5-8-14/h7,10,12H,2-6,8-9,11,14H2,1H3. The van der Waals surface area contributed by atoms with Gasteiger partial charge in [-0.1, -0.05) is 19.3 Å². The average molecular weight is 224 g/mol. The fourth-order valence-electron chi connectivity index (χ4n) is 1.83. The number of rotatable bonds is 9. The fraction of sp³-hybridized carbons (Fsp3) is 0.692. The predicted molar refractivity (Wildman–Crippen MR) is 67.2 cm³/mol. The molecule has 1 aromatic rings. The van der Waals surface area contributed by atoms with Crippen LogP contribution in [-0.4, -0.2) is 25.0 Å². The summed E-state index contributed by atoms with van der Waals surface area (Å²) < 4.78 is 5.05. The maximum Gasteiger partial charge on any atom is 0.0947 e. The molecule has 0 aliphatic heterocycles. The zero-order chi connectivity index (χ0) is 11.6. The summed E-state index contributed by atoms with van der Waals surface area (Å²) in [5, 5.41) is 0. The van der Waals surface area contributed by atoms with E-state index in [1.807, 2.05) is 12.3 Å². The van der Waals surface area contributed by atoms with Crippen molar-refractivity contribution in [2.24, 2.45) is 5.73 Å². The summed E-state index contributed by atoms with van der Waals surface area (Å²) in [4.78, 5) is 2.34. The monoisotopic (exact) mass is 224 g/mol. The number of hydrogen-bond acceptors (Lipinski definition) is 3. The molecule has 0 atom stereocenters. The van der Waals surface area contributed by atoms with E-state index < -0.39 is 0 Å². The molecule has 0 unspecified atom stereocenters. The van der Waals surface area contributed by atoms with Gasteiger partial charge in [-0.3, -0.25) is 0 Å². The van der Waals surface area contributed by atoms with Crippen LogP contribution in [0, 0.1) is 0 Å². The van der Waals surface area contributed by atoms with E-state index in [-0.39, 0.29) is 0 Å². The summed E-state index contributed by atoms with van der Waals surface area (Å²) in [6.45, 7) is 2.98. The molecule has 0 aliphatic rings. The molecule has 92 valence electrons. The van der Waals surface area contributed by atoms with Crippen LogP contribution in [0.5, 0.6) is 0 Å². The number of unbranched alkanes of at least 4 members (excludes halogenated alkanes) is 4. The van der Waals surface area contributed by atoms with Gasteiger partial charge in [0.05, 0.1) is 12.5 Å². The van der Waals surface area contributed by atoms with Crippen LogP contribution in [0.15, 0.2) is 23.0 Å². The molecule has 0 saturated carbocycles. The van der Waals surface area contributed by atoms with Crippen LogP contribution < -0.4 is 5.73 Å². The molecule has 0 fully saturated rings. The maximum atomic E-state index is 5.45. The van der Waals surface area contributed by atoms with Crippen molar-refractivity contribution in [3.8, 4) is 0 Å². The van der Waals surface area contributed by atoms with Gasteiger partial charge in [-0.25, -0.2) is 0 Å². The molecule has 1 heterocycles. The molecular weight excluding hydrogens is 200 g/mol. The van der Waals surface area contributed by atoms with Crippen molar-refractivity contribution in [1.29, 1.82) is 0 Å². The van der Waals surface area contributed by atoms with Crippen molar-refractivity contribution in [2.75, 3.05) is 20.1 Å². The van der Waals surface area contributed by atoms with E-state index in [0.717, 1.165) is 19.6 Å². The van der Waals surface area contributed by atoms with E-state index in [9.17, 15) is 0 Å². The lowest BCUT2D eigenvalue weighted by atomic mass is 10.1. The topological polar surface area (TPSA) is 42.4 Å². The Bertz CT molecular complexity index is 246. The number of furan rings is 1. The highest BCUT2D eigenvalue weighted by Gasteiger charge is 2.00. The fourth-order valence-corrected chi connectivity index (χ4v) is 1.83. The molecule has 3 heteroatoms. The summed E-state index contributed by atoms with van der Waals surface area (Å²) in [5.41, 5.74) is 6.71. The Morgan fingerprint density at radius 3 is 2.62 bits per heavy atom. The Balaban J connectivity index is 1.96. The molecule has 0 spiro atoms. The maximum absolute atomic E-state index is 5.45. The van der Waals surface area contributed by atoms with Gasteiger partial charge in [0.1, 0.15) is 0 Å². The van der Waals surface area contributed by atoms with Crippen molar-refractivity contribution in [2.45, 2.75) is 38.6 Å². The molecule has 0 bridgehead atoms. The molecule has 0 radical (unpaired) electrons. The SMILES string of the molecule is CN(CCCCCCCN)Cc1ccoc1. The van der Waals surface area contributed by atoms with E-state index in [4.69, 9.17) is 10.2 Å². The van der Waals surface area contributed by atoms with Gasteiger partial charge in [0, 0.05) is 12.1 Å². The Hall–Kier alpha value is -0.800. The normalized spacial score (nSPS) is 11.2. The van der Waals surface area contributed by atoms with Crippen LogP contribution >= 0.6 is 0 Å². The first-order valence-corrected chi connectivity index (χ1v) is 6.22. The van der Waals surface area contributed by atoms with Gasteiger partial charge in [-0.05, 0) is 39.0 Å². The third-order valence-corrected chi connectivity index (χ3v) is 2.78. The third kappa shape index (κ3) is 5.93. The molecule has 16 heavy (non-hydrogen) atoms. The van der Waals surface area contributed by atoms with Crippen molar-refractivity contribution in [3.63, 3.8) is 0 Å². The second-order valence-corrected chi connectivity index (χ2v) is 4.43. The zero-order valence-electron chi connectivity index (χ0n) is 10.3. The molecule has 3 nitrogen and oxygen atoms in total. The van der Waals surface area contributed by atoms with Crippen LogP contribution in [0.1, 0.15) is 37.7 Å². The van der Waals surface area contributed by atoms with Crippen molar-refractivity contribution in [1.82, 2.24) is 4.90 Å². The lowest BCUT2D eigenvalue weighted by Crippen LogP contribution is -2.18. The minimum absolute atomic E-state index is 0.834. The van der Waals surface area contributed by atoms with E-state index >= 15 is 0 Å². The smallest absolute Gasteiger partial charge is 0.0947 e. The van der Waals surface area contributed by atoms with Crippen LogP contribution in [-0.2, 0) is 6.54 Å². The Morgan fingerprint density at radius 1 is 1.19 bits per heavy atom. The Labute approximate surface area is 98.6 Å². The third-order valence-electron chi connectivity index (χ3n) is 2.78. The van der Waals surface area contributed by atoms with Crippen LogP contribution in [0.2, 0.25) is 0 Å². The Kier molecular flexibility index (Phi) is 6.93. The average Bonchev–Trinajstić information content (AvgIpc) is 2.76. The summed E-state index contributed by atoms with van der Waals surface area (Å²) in [7, 11) is 2.16. The van der Waals surface area contributed by atoms with Gasteiger partial charge in [0.15, 0.2) is 0 Å². The van der Waals surface area contributed by atoms with Crippen LogP contribution in [0.3, 0.4) is 0 Å². The van der Waals surface area contributed by atoms with Gasteiger partial charge in [-0.2, -0.15) is 0 Å². The van der Waals surface area contributed by atoms with Crippen LogP contribution in [0.25, 0.3) is 0 Å². The quantitative estimate of drug-likeness (QED) is 0.656. The van der Waals surface area contributed by atoms with Crippen LogP contribution in [0.4, 0.5) is 0 Å². The summed E-state index contributed by atoms with van der Waals surface area (Å²) in [6, 6.07) is 2.03. The number of nitrogens with two attached hydrogens (primary N) is 1. The second-order valence-electron chi connectivity index (χ2n) is 4.43. The summed E-state index contributed by atoms with van der Waals surface area (Å²) in [5.74, 6) is 0. The van der Waals surface area contributed by atoms with Gasteiger partial charge in [-0.15, -0.1) is 0 Å². The second kappa shape index (κ2) is 8.36. The van der Waals surface area contributed by atoms with Crippen molar-refractivity contribution >= 4 is 0 Å². The number of hydrogen-bond donors (Lipinski definition) is 1. The van der Waals surface area contributed by atoms with Gasteiger partial charge in [0.2, 0.25) is 0 Å². The molecule has 1 aromatic heterocycles. The largest absolute Gasteiger partial charge is 0.472 e. The Morgan fingerprint density at radius 2 is 1.94 bits per heavy atom. The molecule has 0 aromatic carbocycles. The zero-order valence-corrected chi connectivity index (χ0v) is 10.3. The van der Waals surface area contributed by atoms with Crippen molar-refractivity contribution < 1.29 is 4.42 Å². The molecule has 0 aliphatic carbocycles. The highest BCUT2D eigenvalue weighted by Crippen LogP contribution is 2.06. The molecule has 0 saturated heterocycles. The van der Waals surface area contributed by atoms with Gasteiger partial charge in [0.25, 0.3) is 0 Å². The first-order chi connectivity index (χ1) is 7.83. The predicted octanol–water partition coefficient (Wildman–Crippen LogP) is 2.62. The van der Waals surface area contributed by atoms with Gasteiger partial charge < -0.3 is 15.1 Å². The summed E-state index contributed by atoms with van der Waals surface area (Å²) in [6.07, 6.45) is 9.91. The minimum atomic E-state index is 0.834. The molecular formula is C13H24N2O. The van der Waals surface area contributed by atoms with E-state index in [1.165, 1.54) is 37.7 Å². The molecule has 0 amide bonds. The molecule has 1 rings (SSSR count). The first kappa shape index (κ1) is 13.3. The highest BCUT2D eigenvalue weighted by molar-refractivity contribution is 5.04. The molecule has 2 N–H and O–H groups in total. The van der Waals surface area contributed by atoms with E-state index in [0.29, 0.717) is 0 Å². The lowest BCUT2D eigenvalue weighted by Gasteiger charge is -2.15.